The summed E-state index contributed by atoms with van der Waals surface area (Å²) in [7, 11) is 1.58. The summed E-state index contributed by atoms with van der Waals surface area (Å²) in [5, 5.41) is 9.18. The molecule has 2 aromatic rings. The molecule has 5 heteroatoms. The van der Waals surface area contributed by atoms with Gasteiger partial charge in [-0.1, -0.05) is 6.07 Å². The summed E-state index contributed by atoms with van der Waals surface area (Å²) >= 11 is 0. The molecule has 0 amide bonds. The van der Waals surface area contributed by atoms with Gasteiger partial charge in [-0.3, -0.25) is 0 Å². The number of ether oxygens (including phenoxy) is 3. The Balaban J connectivity index is 2.15. The molecule has 0 saturated carbocycles. The lowest BCUT2D eigenvalue weighted by atomic mass is 10.2. The quantitative estimate of drug-likeness (QED) is 0.849. The third-order valence-corrected chi connectivity index (χ3v) is 2.92. The van der Waals surface area contributed by atoms with Crippen LogP contribution in [-0.2, 0) is 13.2 Å². The Hall–Kier alpha value is -2.27. The minimum atomic E-state index is -0.0310. The van der Waals surface area contributed by atoms with Gasteiger partial charge in [0.25, 0.3) is 0 Å². The van der Waals surface area contributed by atoms with E-state index in [1.54, 1.807) is 31.5 Å². The SMILES string of the molecule is CCOc1cc(CO)ccc1OCc1cccnc1OC. The molecule has 112 valence electrons. The highest BCUT2D eigenvalue weighted by Crippen LogP contribution is 2.30. The summed E-state index contributed by atoms with van der Waals surface area (Å²) in [6.07, 6.45) is 1.67. The molecule has 1 heterocycles. The second kappa shape index (κ2) is 7.50. The molecule has 21 heavy (non-hydrogen) atoms. The van der Waals surface area contributed by atoms with Crippen LogP contribution in [0.4, 0.5) is 0 Å². The van der Waals surface area contributed by atoms with E-state index in [0.29, 0.717) is 30.6 Å². The van der Waals surface area contributed by atoms with Crippen molar-refractivity contribution in [2.24, 2.45) is 0 Å². The van der Waals surface area contributed by atoms with Crippen molar-refractivity contribution in [1.82, 2.24) is 4.98 Å². The predicted octanol–water partition coefficient (Wildman–Crippen LogP) is 2.56. The molecule has 0 spiro atoms. The Bertz CT molecular complexity index is 586. The van der Waals surface area contributed by atoms with E-state index in [2.05, 4.69) is 4.98 Å². The summed E-state index contributed by atoms with van der Waals surface area (Å²) in [4.78, 5) is 4.13. The van der Waals surface area contributed by atoms with Gasteiger partial charge in [-0.2, -0.15) is 0 Å². The number of aliphatic hydroxyl groups is 1. The highest BCUT2D eigenvalue weighted by Gasteiger charge is 2.09. The molecule has 0 atom stereocenters. The van der Waals surface area contributed by atoms with E-state index in [-0.39, 0.29) is 6.61 Å². The lowest BCUT2D eigenvalue weighted by molar-refractivity contribution is 0.259. The van der Waals surface area contributed by atoms with Crippen molar-refractivity contribution in [2.75, 3.05) is 13.7 Å². The van der Waals surface area contributed by atoms with Crippen LogP contribution in [0.2, 0.25) is 0 Å². The van der Waals surface area contributed by atoms with Crippen molar-refractivity contribution in [1.29, 1.82) is 0 Å². The first-order valence-electron chi connectivity index (χ1n) is 6.75. The number of nitrogens with zero attached hydrogens (tertiary/aromatic N) is 1. The number of benzene rings is 1. The molecule has 0 aliphatic rings. The van der Waals surface area contributed by atoms with Gasteiger partial charge < -0.3 is 19.3 Å². The van der Waals surface area contributed by atoms with Gasteiger partial charge >= 0.3 is 0 Å². The van der Waals surface area contributed by atoms with E-state index in [1.807, 2.05) is 19.1 Å². The number of hydrogen-bond donors (Lipinski definition) is 1. The highest BCUT2D eigenvalue weighted by molar-refractivity contribution is 5.43. The van der Waals surface area contributed by atoms with Crippen molar-refractivity contribution in [2.45, 2.75) is 20.1 Å². The maximum Gasteiger partial charge on any atom is 0.219 e. The van der Waals surface area contributed by atoms with Crippen molar-refractivity contribution in [3.8, 4) is 17.4 Å². The largest absolute Gasteiger partial charge is 0.490 e. The number of rotatable bonds is 7. The van der Waals surface area contributed by atoms with Gasteiger partial charge in [-0.25, -0.2) is 4.98 Å². The van der Waals surface area contributed by atoms with E-state index < -0.39 is 0 Å². The average Bonchev–Trinajstić information content (AvgIpc) is 2.54. The summed E-state index contributed by atoms with van der Waals surface area (Å²) < 4.78 is 16.5. The normalized spacial score (nSPS) is 10.2. The van der Waals surface area contributed by atoms with E-state index in [4.69, 9.17) is 14.2 Å². The van der Waals surface area contributed by atoms with Crippen LogP contribution in [0, 0.1) is 0 Å². The second-order valence-electron chi connectivity index (χ2n) is 4.33. The van der Waals surface area contributed by atoms with Crippen LogP contribution in [-0.4, -0.2) is 23.8 Å². The van der Waals surface area contributed by atoms with Gasteiger partial charge in [0.05, 0.1) is 25.9 Å². The predicted molar refractivity (Wildman–Crippen MR) is 78.7 cm³/mol. The third kappa shape index (κ3) is 3.86. The fraction of sp³-hybridized carbons (Fsp3) is 0.312. The van der Waals surface area contributed by atoms with E-state index in [9.17, 15) is 5.11 Å². The molecule has 1 aromatic heterocycles. The first kappa shape index (κ1) is 15.1. The van der Waals surface area contributed by atoms with Crippen molar-refractivity contribution >= 4 is 0 Å². The monoisotopic (exact) mass is 289 g/mol. The Morgan fingerprint density at radius 3 is 2.71 bits per heavy atom. The van der Waals surface area contributed by atoms with Crippen LogP contribution >= 0.6 is 0 Å². The van der Waals surface area contributed by atoms with E-state index in [0.717, 1.165) is 11.1 Å². The molecule has 0 bridgehead atoms. The van der Waals surface area contributed by atoms with Crippen molar-refractivity contribution in [3.63, 3.8) is 0 Å². The Kier molecular flexibility index (Phi) is 5.40. The smallest absolute Gasteiger partial charge is 0.219 e. The van der Waals surface area contributed by atoms with Crippen LogP contribution in [0.5, 0.6) is 17.4 Å². The number of methoxy groups -OCH3 is 1. The summed E-state index contributed by atoms with van der Waals surface area (Å²) in [6.45, 7) is 2.73. The van der Waals surface area contributed by atoms with Crippen molar-refractivity contribution < 1.29 is 19.3 Å². The fourth-order valence-electron chi connectivity index (χ4n) is 1.91. The molecule has 1 aromatic carbocycles. The second-order valence-corrected chi connectivity index (χ2v) is 4.33. The Morgan fingerprint density at radius 1 is 1.14 bits per heavy atom. The maximum absolute atomic E-state index is 9.18. The van der Waals surface area contributed by atoms with E-state index in [1.165, 1.54) is 0 Å². The van der Waals surface area contributed by atoms with Gasteiger partial charge in [0.1, 0.15) is 6.61 Å². The van der Waals surface area contributed by atoms with Crippen LogP contribution in [0.3, 0.4) is 0 Å². The lowest BCUT2D eigenvalue weighted by Crippen LogP contribution is -2.02. The topological polar surface area (TPSA) is 60.8 Å². The Morgan fingerprint density at radius 2 is 2.00 bits per heavy atom. The van der Waals surface area contributed by atoms with Gasteiger partial charge in [0, 0.05) is 6.20 Å². The molecule has 0 aliphatic heterocycles. The van der Waals surface area contributed by atoms with Crippen LogP contribution in [0.15, 0.2) is 36.5 Å². The average molecular weight is 289 g/mol. The fourth-order valence-corrected chi connectivity index (χ4v) is 1.91. The van der Waals surface area contributed by atoms with Gasteiger partial charge in [0.2, 0.25) is 5.88 Å². The highest BCUT2D eigenvalue weighted by atomic mass is 16.5. The minimum Gasteiger partial charge on any atom is -0.490 e. The first-order valence-corrected chi connectivity index (χ1v) is 6.75. The number of aliphatic hydroxyl groups excluding tert-OH is 1. The zero-order valence-corrected chi connectivity index (χ0v) is 12.2. The molecule has 2 rings (SSSR count). The Labute approximate surface area is 124 Å². The zero-order chi connectivity index (χ0) is 15.1. The molecule has 0 saturated heterocycles. The molecular weight excluding hydrogens is 270 g/mol. The lowest BCUT2D eigenvalue weighted by Gasteiger charge is -2.13. The van der Waals surface area contributed by atoms with Crippen LogP contribution in [0.1, 0.15) is 18.1 Å². The molecule has 0 aliphatic carbocycles. The van der Waals surface area contributed by atoms with E-state index >= 15 is 0 Å². The van der Waals surface area contributed by atoms with Gasteiger partial charge in [-0.15, -0.1) is 0 Å². The summed E-state index contributed by atoms with van der Waals surface area (Å²) in [6, 6.07) is 9.10. The van der Waals surface area contributed by atoms with Gasteiger partial charge in [0.15, 0.2) is 11.5 Å². The molecule has 0 fully saturated rings. The third-order valence-electron chi connectivity index (χ3n) is 2.92. The van der Waals surface area contributed by atoms with Crippen LogP contribution < -0.4 is 14.2 Å². The zero-order valence-electron chi connectivity index (χ0n) is 12.2. The standard InChI is InChI=1S/C16H19NO4/c1-3-20-15-9-12(10-18)6-7-14(15)21-11-13-5-4-8-17-16(13)19-2/h4-9,18H,3,10-11H2,1-2H3. The molecule has 0 unspecified atom stereocenters. The van der Waals surface area contributed by atoms with Crippen LogP contribution in [0.25, 0.3) is 0 Å². The molecule has 0 radical (unpaired) electrons. The summed E-state index contributed by atoms with van der Waals surface area (Å²) in [5.74, 6) is 1.79. The minimum absolute atomic E-state index is 0.0310. The molecular formula is C16H19NO4. The molecule has 5 nitrogen and oxygen atoms in total. The number of aromatic nitrogens is 1. The summed E-state index contributed by atoms with van der Waals surface area (Å²) in [5.41, 5.74) is 1.64. The number of pyridine rings is 1. The molecule has 1 N–H and O–H groups in total. The number of hydrogen-bond acceptors (Lipinski definition) is 5. The van der Waals surface area contributed by atoms with Gasteiger partial charge in [-0.05, 0) is 36.8 Å². The van der Waals surface area contributed by atoms with Crippen molar-refractivity contribution in [3.05, 3.63) is 47.7 Å². The first-order chi connectivity index (χ1) is 10.3. The maximum atomic E-state index is 9.18.